The quantitative estimate of drug-likeness (QED) is 0.854. The summed E-state index contributed by atoms with van der Waals surface area (Å²) >= 11 is 0. The van der Waals surface area contributed by atoms with Crippen LogP contribution < -0.4 is 5.32 Å². The van der Waals surface area contributed by atoms with Crippen molar-refractivity contribution in [3.05, 3.63) is 35.9 Å². The SMILES string of the molecule is CCn1ccc(CNCc2cnn(CC(C)C)c2)n1.Cl. The minimum Gasteiger partial charge on any atom is -0.307 e. The third kappa shape index (κ3) is 4.98. The number of rotatable bonds is 7. The largest absolute Gasteiger partial charge is 0.307 e. The molecule has 0 fully saturated rings. The minimum absolute atomic E-state index is 0. The monoisotopic (exact) mass is 297 g/mol. The van der Waals surface area contributed by atoms with Gasteiger partial charge in [0.1, 0.15) is 0 Å². The predicted octanol–water partition coefficient (Wildman–Crippen LogP) is 2.47. The Hall–Kier alpha value is -1.33. The Labute approximate surface area is 126 Å². The highest BCUT2D eigenvalue weighted by Gasteiger charge is 2.02. The van der Waals surface area contributed by atoms with E-state index < -0.39 is 0 Å². The van der Waals surface area contributed by atoms with E-state index in [0.29, 0.717) is 5.92 Å². The molecule has 0 saturated carbocycles. The van der Waals surface area contributed by atoms with Gasteiger partial charge < -0.3 is 5.32 Å². The lowest BCUT2D eigenvalue weighted by Gasteiger charge is -2.03. The summed E-state index contributed by atoms with van der Waals surface area (Å²) in [6, 6.07) is 2.05. The molecule has 20 heavy (non-hydrogen) atoms. The first kappa shape index (κ1) is 16.7. The van der Waals surface area contributed by atoms with Gasteiger partial charge in [0, 0.05) is 44.1 Å². The highest BCUT2D eigenvalue weighted by atomic mass is 35.5. The van der Waals surface area contributed by atoms with Crippen LogP contribution in [-0.4, -0.2) is 19.6 Å². The maximum Gasteiger partial charge on any atom is 0.0762 e. The maximum absolute atomic E-state index is 4.44. The summed E-state index contributed by atoms with van der Waals surface area (Å²) in [5.41, 5.74) is 2.30. The molecule has 2 aromatic rings. The van der Waals surface area contributed by atoms with Crippen LogP contribution in [0.3, 0.4) is 0 Å². The lowest BCUT2D eigenvalue weighted by atomic mass is 10.2. The van der Waals surface area contributed by atoms with Gasteiger partial charge in [0.05, 0.1) is 11.9 Å². The first-order valence-electron chi connectivity index (χ1n) is 6.91. The van der Waals surface area contributed by atoms with Crippen molar-refractivity contribution in [2.45, 2.75) is 47.0 Å². The summed E-state index contributed by atoms with van der Waals surface area (Å²) in [5.74, 6) is 0.624. The van der Waals surface area contributed by atoms with Crippen molar-refractivity contribution in [2.24, 2.45) is 5.92 Å². The molecular weight excluding hydrogens is 274 g/mol. The fourth-order valence-electron chi connectivity index (χ4n) is 1.98. The molecule has 0 atom stereocenters. The van der Waals surface area contributed by atoms with Gasteiger partial charge in [-0.15, -0.1) is 12.4 Å². The van der Waals surface area contributed by atoms with Crippen molar-refractivity contribution in [3.63, 3.8) is 0 Å². The van der Waals surface area contributed by atoms with Gasteiger partial charge in [-0.3, -0.25) is 9.36 Å². The molecular formula is C14H24ClN5. The first-order valence-corrected chi connectivity index (χ1v) is 6.91. The summed E-state index contributed by atoms with van der Waals surface area (Å²) in [6.07, 6.45) is 6.05. The Morgan fingerprint density at radius 1 is 1.25 bits per heavy atom. The third-order valence-corrected chi connectivity index (χ3v) is 2.89. The summed E-state index contributed by atoms with van der Waals surface area (Å²) in [4.78, 5) is 0. The number of hydrogen-bond donors (Lipinski definition) is 1. The van der Waals surface area contributed by atoms with Gasteiger partial charge in [0.2, 0.25) is 0 Å². The number of nitrogens with zero attached hydrogens (tertiary/aromatic N) is 4. The van der Waals surface area contributed by atoms with Crippen LogP contribution in [0.2, 0.25) is 0 Å². The van der Waals surface area contributed by atoms with Crippen molar-refractivity contribution in [1.82, 2.24) is 24.9 Å². The zero-order chi connectivity index (χ0) is 13.7. The Morgan fingerprint density at radius 2 is 2.05 bits per heavy atom. The van der Waals surface area contributed by atoms with Crippen LogP contribution in [0, 0.1) is 5.92 Å². The molecule has 112 valence electrons. The van der Waals surface area contributed by atoms with E-state index in [1.165, 1.54) is 5.56 Å². The molecule has 5 nitrogen and oxygen atoms in total. The van der Waals surface area contributed by atoms with E-state index in [1.54, 1.807) is 0 Å². The van der Waals surface area contributed by atoms with Gasteiger partial charge in [0.15, 0.2) is 0 Å². The van der Waals surface area contributed by atoms with Crippen LogP contribution >= 0.6 is 12.4 Å². The van der Waals surface area contributed by atoms with Crippen LogP contribution in [0.15, 0.2) is 24.7 Å². The van der Waals surface area contributed by atoms with Gasteiger partial charge >= 0.3 is 0 Å². The number of hydrogen-bond acceptors (Lipinski definition) is 3. The molecule has 0 unspecified atom stereocenters. The van der Waals surface area contributed by atoms with E-state index in [1.807, 2.05) is 21.8 Å². The molecule has 2 heterocycles. The number of halogens is 1. The summed E-state index contributed by atoms with van der Waals surface area (Å²) in [5, 5.41) is 12.2. The molecule has 0 aliphatic rings. The van der Waals surface area contributed by atoms with E-state index in [9.17, 15) is 0 Å². The minimum atomic E-state index is 0. The lowest BCUT2D eigenvalue weighted by molar-refractivity contribution is 0.482. The van der Waals surface area contributed by atoms with Crippen molar-refractivity contribution in [3.8, 4) is 0 Å². The average molecular weight is 298 g/mol. The third-order valence-electron chi connectivity index (χ3n) is 2.89. The van der Waals surface area contributed by atoms with Crippen molar-refractivity contribution < 1.29 is 0 Å². The number of aromatic nitrogens is 4. The molecule has 0 aliphatic heterocycles. The molecule has 0 aromatic carbocycles. The summed E-state index contributed by atoms with van der Waals surface area (Å²) < 4.78 is 3.95. The lowest BCUT2D eigenvalue weighted by Crippen LogP contribution is -2.13. The molecule has 0 bridgehead atoms. The number of nitrogens with one attached hydrogen (secondary N) is 1. The van der Waals surface area contributed by atoms with Crippen molar-refractivity contribution in [2.75, 3.05) is 0 Å². The van der Waals surface area contributed by atoms with Crippen molar-refractivity contribution in [1.29, 1.82) is 0 Å². The highest BCUT2D eigenvalue weighted by molar-refractivity contribution is 5.85. The van der Waals surface area contributed by atoms with Gasteiger partial charge in [-0.25, -0.2) is 0 Å². The molecule has 2 aromatic heterocycles. The smallest absolute Gasteiger partial charge is 0.0762 e. The second kappa shape index (κ2) is 8.07. The molecule has 0 saturated heterocycles. The predicted molar refractivity (Wildman–Crippen MR) is 82.8 cm³/mol. The Morgan fingerprint density at radius 3 is 2.70 bits per heavy atom. The topological polar surface area (TPSA) is 47.7 Å². The van der Waals surface area contributed by atoms with Gasteiger partial charge in [-0.1, -0.05) is 13.8 Å². The van der Waals surface area contributed by atoms with Crippen molar-refractivity contribution >= 4 is 12.4 Å². The van der Waals surface area contributed by atoms with E-state index in [2.05, 4.69) is 48.5 Å². The Bertz CT molecular complexity index is 503. The summed E-state index contributed by atoms with van der Waals surface area (Å²) in [6.45, 7) is 10.0. The Balaban J connectivity index is 0.00000200. The molecule has 0 amide bonds. The standard InChI is InChI=1S/C14H23N5.ClH/c1-4-18-6-5-14(17-18)9-15-7-13-8-16-19(11-13)10-12(2)3;/h5-6,8,11-12,15H,4,7,9-10H2,1-3H3;1H. The highest BCUT2D eigenvalue weighted by Crippen LogP contribution is 2.02. The van der Waals surface area contributed by atoms with Gasteiger partial charge in [-0.05, 0) is 18.9 Å². The molecule has 6 heteroatoms. The normalized spacial score (nSPS) is 10.8. The fourth-order valence-corrected chi connectivity index (χ4v) is 1.98. The van der Waals surface area contributed by atoms with Crippen LogP contribution in [0.4, 0.5) is 0 Å². The maximum atomic E-state index is 4.44. The van der Waals surface area contributed by atoms with Gasteiger partial charge in [-0.2, -0.15) is 10.2 Å². The Kier molecular flexibility index (Phi) is 6.75. The van der Waals surface area contributed by atoms with Crippen LogP contribution in [-0.2, 0) is 26.2 Å². The zero-order valence-corrected chi connectivity index (χ0v) is 13.2. The van der Waals surface area contributed by atoms with E-state index in [-0.39, 0.29) is 12.4 Å². The zero-order valence-electron chi connectivity index (χ0n) is 12.4. The molecule has 0 radical (unpaired) electrons. The number of aryl methyl sites for hydroxylation is 1. The fraction of sp³-hybridized carbons (Fsp3) is 0.571. The summed E-state index contributed by atoms with van der Waals surface area (Å²) in [7, 11) is 0. The van der Waals surface area contributed by atoms with Gasteiger partial charge in [0.25, 0.3) is 0 Å². The van der Waals surface area contributed by atoms with E-state index in [4.69, 9.17) is 0 Å². The van der Waals surface area contributed by atoms with E-state index >= 15 is 0 Å². The van der Waals surface area contributed by atoms with E-state index in [0.717, 1.165) is 31.9 Å². The molecule has 0 spiro atoms. The molecule has 1 N–H and O–H groups in total. The first-order chi connectivity index (χ1) is 9.17. The van der Waals surface area contributed by atoms with Crippen LogP contribution in [0.1, 0.15) is 32.0 Å². The molecule has 2 rings (SSSR count). The van der Waals surface area contributed by atoms with Crippen LogP contribution in [0.25, 0.3) is 0 Å². The average Bonchev–Trinajstić information content (AvgIpc) is 2.98. The van der Waals surface area contributed by atoms with Crippen LogP contribution in [0.5, 0.6) is 0 Å². The second-order valence-electron chi connectivity index (χ2n) is 5.23. The molecule has 0 aliphatic carbocycles. The second-order valence-corrected chi connectivity index (χ2v) is 5.23.